The molecule has 0 radical (unpaired) electrons. The standard InChI is InChI=1S/C17H19N3O/c1-21-15-7-4-6-13(10-15)17-11-14(19-20-18)9-12-5-2-3-8-16(12)17/h2-8,10,12,14,16-17H,9,11H2,1H3. The number of fused-ring (bicyclic) bond motifs is 1. The summed E-state index contributed by atoms with van der Waals surface area (Å²) in [5.41, 5.74) is 10.0. The molecule has 4 nitrogen and oxygen atoms in total. The van der Waals surface area contributed by atoms with Crippen LogP contribution in [0.15, 0.2) is 53.7 Å². The molecule has 0 heterocycles. The van der Waals surface area contributed by atoms with Gasteiger partial charge in [-0.15, -0.1) is 0 Å². The molecule has 0 saturated heterocycles. The van der Waals surface area contributed by atoms with E-state index in [0.29, 0.717) is 17.8 Å². The lowest BCUT2D eigenvalue weighted by atomic mass is 9.66. The van der Waals surface area contributed by atoms with E-state index in [-0.39, 0.29) is 6.04 Å². The van der Waals surface area contributed by atoms with Gasteiger partial charge in [0.05, 0.1) is 7.11 Å². The Morgan fingerprint density at radius 2 is 2.10 bits per heavy atom. The smallest absolute Gasteiger partial charge is 0.119 e. The Morgan fingerprint density at radius 1 is 1.24 bits per heavy atom. The molecule has 1 aromatic rings. The number of hydrogen-bond acceptors (Lipinski definition) is 2. The first kappa shape index (κ1) is 13.8. The van der Waals surface area contributed by atoms with Crippen LogP contribution in [0.25, 0.3) is 10.4 Å². The summed E-state index contributed by atoms with van der Waals surface area (Å²) in [6.07, 6.45) is 10.6. The molecule has 1 saturated carbocycles. The highest BCUT2D eigenvalue weighted by atomic mass is 16.5. The normalized spacial score (nSPS) is 30.3. The van der Waals surface area contributed by atoms with E-state index in [2.05, 4.69) is 46.5 Å². The van der Waals surface area contributed by atoms with Gasteiger partial charge in [-0.05, 0) is 53.8 Å². The van der Waals surface area contributed by atoms with Crippen molar-refractivity contribution in [1.82, 2.24) is 0 Å². The van der Waals surface area contributed by atoms with E-state index in [0.717, 1.165) is 18.6 Å². The van der Waals surface area contributed by atoms with Crippen LogP contribution in [0.3, 0.4) is 0 Å². The topological polar surface area (TPSA) is 58.0 Å². The summed E-state index contributed by atoms with van der Waals surface area (Å²) in [6, 6.07) is 8.32. The maximum Gasteiger partial charge on any atom is 0.119 e. The lowest BCUT2D eigenvalue weighted by molar-refractivity contribution is 0.261. The molecule has 4 unspecified atom stereocenters. The highest BCUT2D eigenvalue weighted by Crippen LogP contribution is 2.45. The Bertz CT molecular complexity index is 616. The third-order valence-electron chi connectivity index (χ3n) is 4.57. The lowest BCUT2D eigenvalue weighted by Crippen LogP contribution is -2.32. The number of nitrogens with zero attached hydrogens (tertiary/aromatic N) is 3. The van der Waals surface area contributed by atoms with Gasteiger partial charge < -0.3 is 4.74 Å². The molecule has 0 amide bonds. The third kappa shape index (κ3) is 2.81. The summed E-state index contributed by atoms with van der Waals surface area (Å²) < 4.78 is 5.34. The van der Waals surface area contributed by atoms with E-state index in [1.807, 2.05) is 12.1 Å². The molecule has 0 bridgehead atoms. The van der Waals surface area contributed by atoms with E-state index >= 15 is 0 Å². The Hall–Kier alpha value is -2.19. The average molecular weight is 281 g/mol. The molecular formula is C17H19N3O. The summed E-state index contributed by atoms with van der Waals surface area (Å²) in [6.45, 7) is 0. The van der Waals surface area contributed by atoms with Crippen molar-refractivity contribution in [3.05, 3.63) is 64.6 Å². The number of benzene rings is 1. The first-order valence-corrected chi connectivity index (χ1v) is 7.35. The van der Waals surface area contributed by atoms with Crippen LogP contribution in [0.1, 0.15) is 24.3 Å². The summed E-state index contributed by atoms with van der Waals surface area (Å²) in [5.74, 6) is 2.18. The van der Waals surface area contributed by atoms with Crippen molar-refractivity contribution in [2.45, 2.75) is 24.8 Å². The molecule has 4 heteroatoms. The van der Waals surface area contributed by atoms with Gasteiger partial charge in [-0.1, -0.05) is 41.6 Å². The first-order chi connectivity index (χ1) is 10.3. The van der Waals surface area contributed by atoms with Gasteiger partial charge in [-0.2, -0.15) is 0 Å². The average Bonchev–Trinajstić information content (AvgIpc) is 2.54. The van der Waals surface area contributed by atoms with E-state index < -0.39 is 0 Å². The van der Waals surface area contributed by atoms with Gasteiger partial charge in [0.2, 0.25) is 0 Å². The molecule has 2 aliphatic carbocycles. The molecule has 0 aliphatic heterocycles. The second-order valence-electron chi connectivity index (χ2n) is 5.72. The number of rotatable bonds is 3. The zero-order valence-electron chi connectivity index (χ0n) is 12.1. The van der Waals surface area contributed by atoms with Crippen LogP contribution in [0.2, 0.25) is 0 Å². The minimum Gasteiger partial charge on any atom is -0.497 e. The highest BCUT2D eigenvalue weighted by Gasteiger charge is 2.36. The monoisotopic (exact) mass is 281 g/mol. The van der Waals surface area contributed by atoms with Crippen LogP contribution in [-0.2, 0) is 0 Å². The number of methoxy groups -OCH3 is 1. The fraction of sp³-hybridized carbons (Fsp3) is 0.412. The molecule has 2 aliphatic rings. The van der Waals surface area contributed by atoms with Gasteiger partial charge >= 0.3 is 0 Å². The number of allylic oxidation sites excluding steroid dienone is 4. The van der Waals surface area contributed by atoms with Crippen LogP contribution < -0.4 is 4.74 Å². The van der Waals surface area contributed by atoms with Gasteiger partial charge in [0.15, 0.2) is 0 Å². The van der Waals surface area contributed by atoms with Crippen LogP contribution in [0.4, 0.5) is 0 Å². The summed E-state index contributed by atoms with van der Waals surface area (Å²) in [5, 5.41) is 3.98. The van der Waals surface area contributed by atoms with Crippen LogP contribution in [0.5, 0.6) is 5.75 Å². The maximum atomic E-state index is 8.76. The van der Waals surface area contributed by atoms with E-state index in [1.54, 1.807) is 7.11 Å². The molecule has 0 spiro atoms. The van der Waals surface area contributed by atoms with Crippen molar-refractivity contribution >= 4 is 0 Å². The van der Waals surface area contributed by atoms with Gasteiger partial charge in [-0.3, -0.25) is 0 Å². The fourth-order valence-electron chi connectivity index (χ4n) is 3.60. The molecule has 108 valence electrons. The van der Waals surface area contributed by atoms with Crippen molar-refractivity contribution < 1.29 is 4.74 Å². The minimum absolute atomic E-state index is 0.0728. The van der Waals surface area contributed by atoms with Gasteiger partial charge in [0.1, 0.15) is 5.75 Å². The van der Waals surface area contributed by atoms with E-state index in [9.17, 15) is 0 Å². The number of hydrogen-bond donors (Lipinski definition) is 0. The van der Waals surface area contributed by atoms with Crippen molar-refractivity contribution in [1.29, 1.82) is 0 Å². The van der Waals surface area contributed by atoms with E-state index in [1.165, 1.54) is 5.56 Å². The minimum atomic E-state index is 0.0728. The Kier molecular flexibility index (Phi) is 3.98. The predicted octanol–water partition coefficient (Wildman–Crippen LogP) is 4.61. The summed E-state index contributed by atoms with van der Waals surface area (Å²) in [4.78, 5) is 3.02. The lowest BCUT2D eigenvalue weighted by Gasteiger charge is -2.39. The second-order valence-corrected chi connectivity index (χ2v) is 5.72. The summed E-state index contributed by atoms with van der Waals surface area (Å²) >= 11 is 0. The van der Waals surface area contributed by atoms with Crippen LogP contribution in [-0.4, -0.2) is 13.2 Å². The van der Waals surface area contributed by atoms with Crippen molar-refractivity contribution in [3.63, 3.8) is 0 Å². The van der Waals surface area contributed by atoms with Gasteiger partial charge in [-0.25, -0.2) is 0 Å². The van der Waals surface area contributed by atoms with Crippen LogP contribution >= 0.6 is 0 Å². The molecule has 0 aromatic heterocycles. The molecule has 0 N–H and O–H groups in total. The Labute approximate surface area is 124 Å². The highest BCUT2D eigenvalue weighted by molar-refractivity contribution is 5.34. The molecule has 3 rings (SSSR count). The quantitative estimate of drug-likeness (QED) is 0.453. The molecule has 1 fully saturated rings. The molecular weight excluding hydrogens is 262 g/mol. The Morgan fingerprint density at radius 3 is 2.90 bits per heavy atom. The van der Waals surface area contributed by atoms with Crippen LogP contribution in [0, 0.1) is 11.8 Å². The third-order valence-corrected chi connectivity index (χ3v) is 4.57. The summed E-state index contributed by atoms with van der Waals surface area (Å²) in [7, 11) is 1.69. The zero-order valence-corrected chi connectivity index (χ0v) is 12.1. The maximum absolute atomic E-state index is 8.76. The molecule has 21 heavy (non-hydrogen) atoms. The first-order valence-electron chi connectivity index (χ1n) is 7.35. The second kappa shape index (κ2) is 6.06. The number of ether oxygens (including phenoxy) is 1. The Balaban J connectivity index is 1.94. The molecule has 4 atom stereocenters. The van der Waals surface area contributed by atoms with Gasteiger partial charge in [0.25, 0.3) is 0 Å². The fourth-order valence-corrected chi connectivity index (χ4v) is 3.60. The molecule has 1 aromatic carbocycles. The number of azide groups is 1. The van der Waals surface area contributed by atoms with E-state index in [4.69, 9.17) is 10.3 Å². The van der Waals surface area contributed by atoms with Crippen molar-refractivity contribution in [2.24, 2.45) is 17.0 Å². The largest absolute Gasteiger partial charge is 0.497 e. The zero-order chi connectivity index (χ0) is 14.7. The van der Waals surface area contributed by atoms with Gasteiger partial charge in [0, 0.05) is 11.0 Å². The van der Waals surface area contributed by atoms with Crippen molar-refractivity contribution in [3.8, 4) is 5.75 Å². The van der Waals surface area contributed by atoms with Crippen molar-refractivity contribution in [2.75, 3.05) is 7.11 Å². The SMILES string of the molecule is COc1cccc(C2CC(N=[N+]=[N-])CC3C=CC=CC32)c1. The predicted molar refractivity (Wildman–Crippen MR) is 83.2 cm³/mol.